The van der Waals surface area contributed by atoms with E-state index in [2.05, 4.69) is 27.8 Å². The minimum absolute atomic E-state index is 0.0125. The summed E-state index contributed by atoms with van der Waals surface area (Å²) in [6.07, 6.45) is 3.25. The van der Waals surface area contributed by atoms with Gasteiger partial charge in [0, 0.05) is 86.3 Å². The Hall–Kier alpha value is -5.11. The van der Waals surface area contributed by atoms with Crippen LogP contribution in [-0.4, -0.2) is 60.7 Å². The number of amides is 2. The van der Waals surface area contributed by atoms with E-state index in [1.54, 1.807) is 50.9 Å². The number of aryl methyl sites for hydroxylation is 2. The molecule has 0 spiro atoms. The summed E-state index contributed by atoms with van der Waals surface area (Å²) >= 11 is 0. The Morgan fingerprint density at radius 3 is 1.85 bits per heavy atom. The first-order valence-electron chi connectivity index (χ1n) is 17.5. The van der Waals surface area contributed by atoms with Crippen LogP contribution >= 0.6 is 0 Å². The maximum Gasteiger partial charge on any atom is 0.223 e. The number of aromatic nitrogens is 2. The van der Waals surface area contributed by atoms with Gasteiger partial charge >= 0.3 is 0 Å². The Balaban J connectivity index is 1.74. The van der Waals surface area contributed by atoms with Crippen LogP contribution in [-0.2, 0) is 41.6 Å². The second-order valence-electron chi connectivity index (χ2n) is 13.9. The fourth-order valence-electron chi connectivity index (χ4n) is 6.45. The summed E-state index contributed by atoms with van der Waals surface area (Å²) in [5.74, 6) is -2.40. The number of ketones is 1. The normalized spacial score (nSPS) is 15.6. The number of aromatic hydroxyl groups is 2. The molecule has 52 heavy (non-hydrogen) atoms. The number of rotatable bonds is 18. The summed E-state index contributed by atoms with van der Waals surface area (Å²) in [5.41, 5.74) is 2.23. The number of carbonyl (C=O) groups excluding carboxylic acids is 3. The molecule has 1 aliphatic rings. The van der Waals surface area contributed by atoms with Crippen LogP contribution in [0.1, 0.15) is 82.1 Å². The molecule has 7 N–H and O–H groups in total. The third-order valence-electron chi connectivity index (χ3n) is 10.0. The lowest BCUT2D eigenvalue weighted by Crippen LogP contribution is -2.46. The lowest BCUT2D eigenvalue weighted by atomic mass is 9.83. The molecule has 0 bridgehead atoms. The minimum Gasteiger partial charge on any atom is -0.504 e. The van der Waals surface area contributed by atoms with Crippen LogP contribution in [0.4, 0.5) is 0 Å². The van der Waals surface area contributed by atoms with E-state index < -0.39 is 27.9 Å². The van der Waals surface area contributed by atoms with Gasteiger partial charge in [-0.05, 0) is 66.0 Å². The molecule has 0 radical (unpaired) electrons. The van der Waals surface area contributed by atoms with Crippen molar-refractivity contribution < 1.29 is 29.7 Å². The van der Waals surface area contributed by atoms with Gasteiger partial charge in [-0.15, -0.1) is 0 Å². The molecule has 3 rings (SSSR count). The van der Waals surface area contributed by atoms with Crippen LogP contribution in [0, 0.1) is 19.8 Å². The van der Waals surface area contributed by atoms with Crippen LogP contribution in [0.5, 0.6) is 11.5 Å². The molecule has 1 aliphatic carbocycles. The smallest absolute Gasteiger partial charge is 0.223 e. The Morgan fingerprint density at radius 2 is 1.33 bits per heavy atom. The van der Waals surface area contributed by atoms with E-state index in [0.29, 0.717) is 60.6 Å². The number of nitrogens with zero attached hydrogens (tertiary/aromatic N) is 2. The number of aliphatic hydroxyl groups is 1. The highest BCUT2D eigenvalue weighted by Gasteiger charge is 2.31. The van der Waals surface area contributed by atoms with Crippen molar-refractivity contribution in [3.8, 4) is 11.5 Å². The van der Waals surface area contributed by atoms with E-state index in [4.69, 9.17) is 0 Å². The zero-order valence-electron chi connectivity index (χ0n) is 31.4. The van der Waals surface area contributed by atoms with Crippen LogP contribution < -0.4 is 32.1 Å². The molecule has 0 fully saturated rings. The Kier molecular flexibility index (Phi) is 14.2. The van der Waals surface area contributed by atoms with Gasteiger partial charge in [-0.1, -0.05) is 19.1 Å². The summed E-state index contributed by atoms with van der Waals surface area (Å²) in [6, 6.07) is 2.70. The number of aliphatic hydroxyl groups excluding tert-OH is 1. The number of hydrogen-bond acceptors (Lipinski definition) is 10. The highest BCUT2D eigenvalue weighted by molar-refractivity contribution is 6.04. The summed E-state index contributed by atoms with van der Waals surface area (Å²) in [5, 5.41) is 43.4. The van der Waals surface area contributed by atoms with Gasteiger partial charge in [0.25, 0.3) is 0 Å². The zero-order valence-corrected chi connectivity index (χ0v) is 31.4. The summed E-state index contributed by atoms with van der Waals surface area (Å²) in [6.45, 7) is 13.7. The van der Waals surface area contributed by atoms with E-state index >= 15 is 0 Å². The fourth-order valence-corrected chi connectivity index (χ4v) is 6.45. The van der Waals surface area contributed by atoms with Gasteiger partial charge in [0.15, 0.2) is 17.3 Å². The first kappa shape index (κ1) is 41.3. The van der Waals surface area contributed by atoms with Gasteiger partial charge in [-0.25, -0.2) is 0 Å². The lowest BCUT2D eigenvalue weighted by molar-refractivity contribution is -0.121. The van der Waals surface area contributed by atoms with Gasteiger partial charge in [0.2, 0.25) is 28.5 Å². The lowest BCUT2D eigenvalue weighted by Gasteiger charge is -2.36. The standard InChI is InChI=1S/C38H54N6O8/c1-22(2)42-38(12-9-15-39-20-28-36(51)31(46)17-24(4)43(28)7,13-10-33(48)40-19-27-26(6)23(3)16-30(45)35(27)50)14-11-34(49)41-21-29-37(52)32(47)18-25(5)44(29)8/h16-18,26,39,42,50-52H,1,9-15,19-21H2,2-8H3,(H,40,48)(H,41,49). The van der Waals surface area contributed by atoms with E-state index in [1.807, 2.05) is 6.92 Å². The number of hydrogen-bond donors (Lipinski definition) is 7. The minimum atomic E-state index is -0.756. The molecule has 0 aliphatic heterocycles. The average Bonchev–Trinajstić information content (AvgIpc) is 3.08. The maximum absolute atomic E-state index is 13.2. The first-order valence-corrected chi connectivity index (χ1v) is 17.5. The predicted molar refractivity (Wildman–Crippen MR) is 199 cm³/mol. The topological polar surface area (TPSA) is 204 Å². The fraction of sp³-hybridized carbons (Fsp3) is 0.500. The van der Waals surface area contributed by atoms with Crippen molar-refractivity contribution in [3.63, 3.8) is 0 Å². The van der Waals surface area contributed by atoms with Gasteiger partial charge < -0.3 is 45.7 Å². The molecular weight excluding hydrogens is 668 g/mol. The molecule has 2 atom stereocenters. The van der Waals surface area contributed by atoms with Crippen molar-refractivity contribution in [2.75, 3.05) is 13.1 Å². The molecule has 14 nitrogen and oxygen atoms in total. The Bertz CT molecular complexity index is 1890. The van der Waals surface area contributed by atoms with Crippen molar-refractivity contribution in [2.24, 2.45) is 20.0 Å². The largest absolute Gasteiger partial charge is 0.504 e. The molecule has 2 aromatic rings. The number of pyridine rings is 2. The van der Waals surface area contributed by atoms with Gasteiger partial charge in [-0.3, -0.25) is 24.0 Å². The van der Waals surface area contributed by atoms with Crippen molar-refractivity contribution in [1.29, 1.82) is 0 Å². The molecule has 284 valence electrons. The van der Waals surface area contributed by atoms with Crippen LogP contribution in [0.3, 0.4) is 0 Å². The van der Waals surface area contributed by atoms with E-state index in [0.717, 1.165) is 5.57 Å². The molecule has 2 heterocycles. The second-order valence-corrected chi connectivity index (χ2v) is 13.9. The molecule has 0 saturated heterocycles. The van der Waals surface area contributed by atoms with E-state index in [9.17, 15) is 39.3 Å². The summed E-state index contributed by atoms with van der Waals surface area (Å²) in [7, 11) is 3.46. The zero-order chi connectivity index (χ0) is 38.9. The third kappa shape index (κ3) is 10.5. The number of nitrogens with one attached hydrogen (secondary N) is 4. The highest BCUT2D eigenvalue weighted by Crippen LogP contribution is 2.29. The first-order chi connectivity index (χ1) is 24.4. The van der Waals surface area contributed by atoms with Crippen LogP contribution in [0.15, 0.2) is 57.0 Å². The van der Waals surface area contributed by atoms with E-state index in [-0.39, 0.29) is 67.4 Å². The predicted octanol–water partition coefficient (Wildman–Crippen LogP) is 2.81. The van der Waals surface area contributed by atoms with Gasteiger partial charge in [-0.2, -0.15) is 0 Å². The highest BCUT2D eigenvalue weighted by atomic mass is 16.3. The van der Waals surface area contributed by atoms with Crippen molar-refractivity contribution in [3.05, 3.63) is 90.6 Å². The number of allylic oxidation sites excluding steroid dienone is 3. The molecule has 14 heteroatoms. The molecule has 0 saturated carbocycles. The SMILES string of the molecule is C=C(C)NC(CCCNCc1c(O)c(=O)cc(C)n1C)(CCC(=O)NCC1=C(O)C(=O)C=C(C)C1C)CCC(=O)NCc1c(O)c(=O)cc(C)n1C. The average molecular weight is 723 g/mol. The van der Waals surface area contributed by atoms with Crippen molar-refractivity contribution >= 4 is 17.6 Å². The molecule has 2 aromatic heterocycles. The number of carbonyl (C=O) groups is 3. The maximum atomic E-state index is 13.2. The molecule has 2 unspecified atom stereocenters. The van der Waals surface area contributed by atoms with E-state index in [1.165, 1.54) is 18.2 Å². The van der Waals surface area contributed by atoms with Crippen molar-refractivity contribution in [2.45, 2.75) is 91.8 Å². The monoisotopic (exact) mass is 722 g/mol. The van der Waals surface area contributed by atoms with Crippen molar-refractivity contribution in [1.82, 2.24) is 30.4 Å². The third-order valence-corrected chi connectivity index (χ3v) is 10.0. The Morgan fingerprint density at radius 1 is 0.827 bits per heavy atom. The van der Waals surface area contributed by atoms with Gasteiger partial charge in [0.05, 0.1) is 17.9 Å². The molecule has 0 aromatic carbocycles. The second kappa shape index (κ2) is 17.9. The Labute approximate surface area is 304 Å². The molecular formula is C38H54N6O8. The summed E-state index contributed by atoms with van der Waals surface area (Å²) in [4.78, 5) is 62.8. The quantitative estimate of drug-likeness (QED) is 0.112. The molecule has 2 amide bonds. The summed E-state index contributed by atoms with van der Waals surface area (Å²) < 4.78 is 3.39. The van der Waals surface area contributed by atoms with Crippen LogP contribution in [0.25, 0.3) is 0 Å². The van der Waals surface area contributed by atoms with Crippen LogP contribution in [0.2, 0.25) is 0 Å². The van der Waals surface area contributed by atoms with Gasteiger partial charge in [0.1, 0.15) is 0 Å².